The van der Waals surface area contributed by atoms with Gasteiger partial charge in [-0.25, -0.2) is 0 Å². The zero-order chi connectivity index (χ0) is 12.4. The summed E-state index contributed by atoms with van der Waals surface area (Å²) in [5.74, 6) is -0.496. The Kier molecular flexibility index (Phi) is 3.69. The molecular weight excluding hydrogens is 238 g/mol. The average Bonchev–Trinajstić information content (AvgIpc) is 3.09. The SMILES string of the molecule is C[C@@H](NC(C(=O)O)C1CC1)c1ccccc1Cl. The van der Waals surface area contributed by atoms with Crippen LogP contribution in [0.25, 0.3) is 0 Å². The fourth-order valence-electron chi connectivity index (χ4n) is 2.02. The zero-order valence-electron chi connectivity index (χ0n) is 9.69. The number of carboxylic acids is 1. The predicted molar refractivity (Wildman–Crippen MR) is 67.2 cm³/mol. The first-order chi connectivity index (χ1) is 8.09. The molecule has 0 radical (unpaired) electrons. The number of carbonyl (C=O) groups is 1. The summed E-state index contributed by atoms with van der Waals surface area (Å²) in [6, 6.07) is 7.01. The summed E-state index contributed by atoms with van der Waals surface area (Å²) < 4.78 is 0. The molecule has 1 saturated carbocycles. The van der Waals surface area contributed by atoms with Crippen molar-refractivity contribution in [3.8, 4) is 0 Å². The number of hydrogen-bond donors (Lipinski definition) is 2. The number of benzene rings is 1. The van der Waals surface area contributed by atoms with Gasteiger partial charge in [0.1, 0.15) is 6.04 Å². The predicted octanol–water partition coefficient (Wildman–Crippen LogP) is 2.85. The second-order valence-electron chi connectivity index (χ2n) is 4.56. The van der Waals surface area contributed by atoms with Gasteiger partial charge in [0.2, 0.25) is 0 Å². The van der Waals surface area contributed by atoms with E-state index in [9.17, 15) is 4.79 Å². The van der Waals surface area contributed by atoms with E-state index in [1.807, 2.05) is 31.2 Å². The topological polar surface area (TPSA) is 49.3 Å². The molecule has 3 nitrogen and oxygen atoms in total. The van der Waals surface area contributed by atoms with Crippen LogP contribution in [0.1, 0.15) is 31.4 Å². The molecule has 4 heteroatoms. The highest BCUT2D eigenvalue weighted by molar-refractivity contribution is 6.31. The lowest BCUT2D eigenvalue weighted by atomic mass is 10.1. The molecule has 1 aliphatic carbocycles. The second-order valence-corrected chi connectivity index (χ2v) is 4.97. The van der Waals surface area contributed by atoms with Gasteiger partial charge in [-0.2, -0.15) is 0 Å². The van der Waals surface area contributed by atoms with Crippen LogP contribution in [0.2, 0.25) is 5.02 Å². The standard InChI is InChI=1S/C13H16ClNO2/c1-8(10-4-2-3-5-11(10)14)15-12(13(16)17)9-6-7-9/h2-5,8-9,12,15H,6-7H2,1H3,(H,16,17)/t8-,12?/m1/s1. The zero-order valence-corrected chi connectivity index (χ0v) is 10.4. The first kappa shape index (κ1) is 12.4. The lowest BCUT2D eigenvalue weighted by molar-refractivity contribution is -0.140. The molecule has 0 spiro atoms. The van der Waals surface area contributed by atoms with Gasteiger partial charge in [-0.05, 0) is 37.3 Å². The van der Waals surface area contributed by atoms with E-state index in [0.717, 1.165) is 18.4 Å². The first-order valence-corrected chi connectivity index (χ1v) is 6.20. The van der Waals surface area contributed by atoms with Crippen LogP contribution in [0.5, 0.6) is 0 Å². The Bertz CT molecular complexity index is 418. The van der Waals surface area contributed by atoms with Crippen LogP contribution < -0.4 is 5.32 Å². The van der Waals surface area contributed by atoms with Crippen LogP contribution in [-0.2, 0) is 4.79 Å². The minimum absolute atomic E-state index is 0.0506. The van der Waals surface area contributed by atoms with E-state index in [2.05, 4.69) is 5.32 Å². The fraction of sp³-hybridized carbons (Fsp3) is 0.462. The van der Waals surface area contributed by atoms with Gasteiger partial charge in [0.15, 0.2) is 0 Å². The van der Waals surface area contributed by atoms with E-state index in [4.69, 9.17) is 16.7 Å². The fourth-order valence-corrected chi connectivity index (χ4v) is 2.32. The van der Waals surface area contributed by atoms with Crippen LogP contribution >= 0.6 is 11.6 Å². The highest BCUT2D eigenvalue weighted by atomic mass is 35.5. The van der Waals surface area contributed by atoms with E-state index >= 15 is 0 Å². The molecule has 1 unspecified atom stereocenters. The molecular formula is C13H16ClNO2. The van der Waals surface area contributed by atoms with Crippen LogP contribution in [-0.4, -0.2) is 17.1 Å². The summed E-state index contributed by atoms with van der Waals surface area (Å²) >= 11 is 6.09. The molecule has 1 aromatic carbocycles. The van der Waals surface area contributed by atoms with Crippen molar-refractivity contribution < 1.29 is 9.90 Å². The van der Waals surface area contributed by atoms with Crippen molar-refractivity contribution >= 4 is 17.6 Å². The van der Waals surface area contributed by atoms with Crippen molar-refractivity contribution in [3.05, 3.63) is 34.9 Å². The number of halogens is 1. The molecule has 0 heterocycles. The molecule has 0 aromatic heterocycles. The molecule has 0 amide bonds. The van der Waals surface area contributed by atoms with Gasteiger partial charge in [-0.3, -0.25) is 10.1 Å². The van der Waals surface area contributed by atoms with E-state index in [1.54, 1.807) is 0 Å². The number of rotatable bonds is 5. The number of aliphatic carboxylic acids is 1. The number of nitrogens with one attached hydrogen (secondary N) is 1. The van der Waals surface area contributed by atoms with Crippen molar-refractivity contribution in [2.45, 2.75) is 31.8 Å². The minimum atomic E-state index is -0.772. The number of carboxylic acid groups (broad SMARTS) is 1. The van der Waals surface area contributed by atoms with Gasteiger partial charge in [0, 0.05) is 11.1 Å². The Hall–Kier alpha value is -1.06. The summed E-state index contributed by atoms with van der Waals surface area (Å²) in [6.45, 7) is 1.94. The summed E-state index contributed by atoms with van der Waals surface area (Å²) in [4.78, 5) is 11.1. The van der Waals surface area contributed by atoms with Gasteiger partial charge in [-0.15, -0.1) is 0 Å². The van der Waals surface area contributed by atoms with E-state index in [1.165, 1.54) is 0 Å². The van der Waals surface area contributed by atoms with Crippen LogP contribution in [0.3, 0.4) is 0 Å². The van der Waals surface area contributed by atoms with Gasteiger partial charge in [0.05, 0.1) is 0 Å². The highest BCUT2D eigenvalue weighted by Gasteiger charge is 2.37. The maximum Gasteiger partial charge on any atom is 0.320 e. The molecule has 0 bridgehead atoms. The first-order valence-electron chi connectivity index (χ1n) is 5.83. The molecule has 1 fully saturated rings. The molecule has 2 N–H and O–H groups in total. The van der Waals surface area contributed by atoms with Gasteiger partial charge in [-0.1, -0.05) is 29.8 Å². The molecule has 0 aliphatic heterocycles. The van der Waals surface area contributed by atoms with Crippen molar-refractivity contribution in [2.75, 3.05) is 0 Å². The van der Waals surface area contributed by atoms with Crippen molar-refractivity contribution in [2.24, 2.45) is 5.92 Å². The smallest absolute Gasteiger partial charge is 0.320 e. The summed E-state index contributed by atoms with van der Waals surface area (Å²) in [5, 5.41) is 13.0. The van der Waals surface area contributed by atoms with E-state index in [0.29, 0.717) is 5.02 Å². The molecule has 17 heavy (non-hydrogen) atoms. The third-order valence-electron chi connectivity index (χ3n) is 3.16. The second kappa shape index (κ2) is 5.07. The van der Waals surface area contributed by atoms with Crippen LogP contribution in [0.15, 0.2) is 24.3 Å². The molecule has 2 rings (SSSR count). The Morgan fingerprint density at radius 2 is 2.12 bits per heavy atom. The lowest BCUT2D eigenvalue weighted by Crippen LogP contribution is -2.40. The Labute approximate surface area is 106 Å². The normalized spacial score (nSPS) is 18.7. The van der Waals surface area contributed by atoms with Gasteiger partial charge < -0.3 is 5.11 Å². The third-order valence-corrected chi connectivity index (χ3v) is 3.50. The molecule has 1 aromatic rings. The lowest BCUT2D eigenvalue weighted by Gasteiger charge is -2.21. The van der Waals surface area contributed by atoms with Crippen molar-refractivity contribution in [3.63, 3.8) is 0 Å². The van der Waals surface area contributed by atoms with Gasteiger partial charge in [0.25, 0.3) is 0 Å². The number of hydrogen-bond acceptors (Lipinski definition) is 2. The molecule has 92 valence electrons. The summed E-state index contributed by atoms with van der Waals surface area (Å²) in [5.41, 5.74) is 0.945. The van der Waals surface area contributed by atoms with Crippen LogP contribution in [0.4, 0.5) is 0 Å². The molecule has 0 saturated heterocycles. The van der Waals surface area contributed by atoms with Crippen LogP contribution in [0, 0.1) is 5.92 Å². The Morgan fingerprint density at radius 1 is 1.47 bits per heavy atom. The third kappa shape index (κ3) is 2.99. The van der Waals surface area contributed by atoms with Crippen molar-refractivity contribution in [1.29, 1.82) is 0 Å². The largest absolute Gasteiger partial charge is 0.480 e. The summed E-state index contributed by atoms with van der Waals surface area (Å²) in [7, 11) is 0. The molecule has 2 atom stereocenters. The van der Waals surface area contributed by atoms with Gasteiger partial charge >= 0.3 is 5.97 Å². The average molecular weight is 254 g/mol. The summed E-state index contributed by atoms with van der Waals surface area (Å²) in [6.07, 6.45) is 2.00. The molecule has 1 aliphatic rings. The Morgan fingerprint density at radius 3 is 2.65 bits per heavy atom. The monoisotopic (exact) mass is 253 g/mol. The maximum absolute atomic E-state index is 11.1. The quantitative estimate of drug-likeness (QED) is 0.848. The van der Waals surface area contributed by atoms with E-state index < -0.39 is 12.0 Å². The van der Waals surface area contributed by atoms with Crippen molar-refractivity contribution in [1.82, 2.24) is 5.32 Å². The Balaban J connectivity index is 2.07. The van der Waals surface area contributed by atoms with E-state index in [-0.39, 0.29) is 12.0 Å². The maximum atomic E-state index is 11.1. The minimum Gasteiger partial charge on any atom is -0.480 e. The highest BCUT2D eigenvalue weighted by Crippen LogP contribution is 2.34.